The highest BCUT2D eigenvalue weighted by atomic mass is 32.2. The van der Waals surface area contributed by atoms with Gasteiger partial charge in [-0.05, 0) is 49.6 Å². The SMILES string of the molecule is CC(C)n1cnnc1-c1cccc(N2Cc3ccc(CCS(N)(=O)=O)cc3C2=O)n1. The van der Waals surface area contributed by atoms with Gasteiger partial charge in [0.2, 0.25) is 10.0 Å². The number of rotatable bonds is 6. The van der Waals surface area contributed by atoms with E-state index in [1.165, 1.54) is 0 Å². The Morgan fingerprint density at radius 2 is 2.00 bits per heavy atom. The summed E-state index contributed by atoms with van der Waals surface area (Å²) in [5, 5.41) is 13.2. The predicted octanol–water partition coefficient (Wildman–Crippen LogP) is 1.91. The minimum Gasteiger partial charge on any atom is -0.310 e. The van der Waals surface area contributed by atoms with E-state index >= 15 is 0 Å². The molecule has 3 heterocycles. The summed E-state index contributed by atoms with van der Waals surface area (Å²) in [5.41, 5.74) is 2.82. The second-order valence-electron chi connectivity index (χ2n) is 7.54. The van der Waals surface area contributed by atoms with Crippen LogP contribution in [-0.2, 0) is 23.0 Å². The Hall–Kier alpha value is -3.11. The van der Waals surface area contributed by atoms with Crippen LogP contribution in [0.25, 0.3) is 11.5 Å². The number of aromatic nitrogens is 4. The van der Waals surface area contributed by atoms with E-state index in [1.807, 2.05) is 42.7 Å². The third-order valence-electron chi connectivity index (χ3n) is 5.02. The number of pyridine rings is 1. The van der Waals surface area contributed by atoms with Crippen LogP contribution in [0, 0.1) is 0 Å². The Kier molecular flexibility index (Phi) is 5.12. The number of anilines is 1. The molecule has 4 rings (SSSR count). The Bertz CT molecular complexity index is 1220. The van der Waals surface area contributed by atoms with Crippen LogP contribution in [0.1, 0.15) is 41.4 Å². The van der Waals surface area contributed by atoms with E-state index in [1.54, 1.807) is 23.4 Å². The van der Waals surface area contributed by atoms with Gasteiger partial charge in [-0.25, -0.2) is 18.5 Å². The molecule has 0 fully saturated rings. The summed E-state index contributed by atoms with van der Waals surface area (Å²) in [6.07, 6.45) is 1.92. The molecule has 2 N–H and O–H groups in total. The highest BCUT2D eigenvalue weighted by Gasteiger charge is 2.30. The zero-order chi connectivity index (χ0) is 21.5. The minimum absolute atomic E-state index is 0.163. The molecule has 9 nitrogen and oxygen atoms in total. The lowest BCUT2D eigenvalue weighted by Gasteiger charge is -2.16. The van der Waals surface area contributed by atoms with Crippen molar-refractivity contribution >= 4 is 21.7 Å². The topological polar surface area (TPSA) is 124 Å². The molecule has 1 aliphatic rings. The molecule has 2 aromatic heterocycles. The fraction of sp³-hybridized carbons (Fsp3) is 0.300. The van der Waals surface area contributed by atoms with Crippen LogP contribution in [0.15, 0.2) is 42.7 Å². The number of fused-ring (bicyclic) bond motifs is 1. The number of benzene rings is 1. The van der Waals surface area contributed by atoms with Crippen molar-refractivity contribution in [2.45, 2.75) is 32.9 Å². The maximum Gasteiger partial charge on any atom is 0.260 e. The standard InChI is InChI=1S/C20H22N6O3S/c1-13(2)26-12-22-24-19(26)17-4-3-5-18(23-17)25-11-15-7-6-14(8-9-30(21,28)29)10-16(15)20(25)27/h3-7,10,12-13H,8-9,11H2,1-2H3,(H2,21,28,29). The molecule has 0 saturated heterocycles. The molecular weight excluding hydrogens is 404 g/mol. The number of primary sulfonamides is 1. The van der Waals surface area contributed by atoms with Crippen molar-refractivity contribution in [3.05, 3.63) is 59.4 Å². The molecule has 1 aromatic carbocycles. The Morgan fingerprint density at radius 1 is 1.20 bits per heavy atom. The molecular formula is C20H22N6O3S. The first-order valence-electron chi connectivity index (χ1n) is 9.54. The molecule has 0 radical (unpaired) electrons. The van der Waals surface area contributed by atoms with Crippen LogP contribution in [-0.4, -0.2) is 39.8 Å². The molecule has 0 saturated carbocycles. The van der Waals surface area contributed by atoms with Gasteiger partial charge in [0.25, 0.3) is 5.91 Å². The van der Waals surface area contributed by atoms with Gasteiger partial charge < -0.3 is 4.57 Å². The molecule has 0 atom stereocenters. The summed E-state index contributed by atoms with van der Waals surface area (Å²) in [4.78, 5) is 19.3. The second-order valence-corrected chi connectivity index (χ2v) is 9.27. The van der Waals surface area contributed by atoms with E-state index in [-0.39, 0.29) is 24.1 Å². The van der Waals surface area contributed by atoms with Gasteiger partial charge in [0, 0.05) is 11.6 Å². The highest BCUT2D eigenvalue weighted by molar-refractivity contribution is 7.89. The summed E-state index contributed by atoms with van der Waals surface area (Å²) < 4.78 is 24.4. The quantitative estimate of drug-likeness (QED) is 0.642. The van der Waals surface area contributed by atoms with Crippen molar-refractivity contribution in [3.63, 3.8) is 0 Å². The van der Waals surface area contributed by atoms with Crippen LogP contribution in [0.4, 0.5) is 5.82 Å². The van der Waals surface area contributed by atoms with Crippen LogP contribution < -0.4 is 10.0 Å². The average Bonchev–Trinajstić information content (AvgIpc) is 3.31. The molecule has 0 bridgehead atoms. The van der Waals surface area contributed by atoms with E-state index in [0.717, 1.165) is 11.1 Å². The fourth-order valence-electron chi connectivity index (χ4n) is 3.45. The van der Waals surface area contributed by atoms with Crippen molar-refractivity contribution in [1.29, 1.82) is 0 Å². The third-order valence-corrected chi connectivity index (χ3v) is 5.80. The van der Waals surface area contributed by atoms with Crippen LogP contribution in [0.5, 0.6) is 0 Å². The van der Waals surface area contributed by atoms with Crippen molar-refractivity contribution in [2.24, 2.45) is 5.14 Å². The number of hydrogen-bond acceptors (Lipinski definition) is 6. The van der Waals surface area contributed by atoms with Crippen LogP contribution >= 0.6 is 0 Å². The van der Waals surface area contributed by atoms with Gasteiger partial charge in [-0.2, -0.15) is 0 Å². The molecule has 10 heteroatoms. The van der Waals surface area contributed by atoms with E-state index in [4.69, 9.17) is 5.14 Å². The Balaban J connectivity index is 1.61. The predicted molar refractivity (Wildman–Crippen MR) is 112 cm³/mol. The number of nitrogens with two attached hydrogens (primary N) is 1. The number of amides is 1. The fourth-order valence-corrected chi connectivity index (χ4v) is 3.97. The van der Waals surface area contributed by atoms with Crippen LogP contribution in [0.2, 0.25) is 0 Å². The third kappa shape index (κ3) is 3.96. The van der Waals surface area contributed by atoms with Gasteiger partial charge in [0.15, 0.2) is 5.82 Å². The molecule has 0 unspecified atom stereocenters. The zero-order valence-electron chi connectivity index (χ0n) is 16.7. The van der Waals surface area contributed by atoms with Crippen molar-refractivity contribution in [1.82, 2.24) is 19.7 Å². The maximum absolute atomic E-state index is 13.0. The largest absolute Gasteiger partial charge is 0.310 e. The van der Waals surface area contributed by atoms with Gasteiger partial charge >= 0.3 is 0 Å². The van der Waals surface area contributed by atoms with E-state index in [0.29, 0.717) is 29.4 Å². The molecule has 30 heavy (non-hydrogen) atoms. The normalized spacial score (nSPS) is 13.9. The summed E-state index contributed by atoms with van der Waals surface area (Å²) >= 11 is 0. The summed E-state index contributed by atoms with van der Waals surface area (Å²) in [6.45, 7) is 4.46. The maximum atomic E-state index is 13.0. The molecule has 1 aliphatic heterocycles. The van der Waals surface area contributed by atoms with Gasteiger partial charge in [0.05, 0.1) is 12.3 Å². The summed E-state index contributed by atoms with van der Waals surface area (Å²) in [6, 6.07) is 11.1. The molecule has 3 aromatic rings. The van der Waals surface area contributed by atoms with Gasteiger partial charge in [-0.1, -0.05) is 18.2 Å². The first kappa shape index (κ1) is 20.2. The van der Waals surface area contributed by atoms with E-state index in [2.05, 4.69) is 15.2 Å². The smallest absolute Gasteiger partial charge is 0.260 e. The first-order chi connectivity index (χ1) is 14.2. The Morgan fingerprint density at radius 3 is 2.73 bits per heavy atom. The lowest BCUT2D eigenvalue weighted by Crippen LogP contribution is -2.24. The monoisotopic (exact) mass is 426 g/mol. The Labute approximate surface area is 174 Å². The number of hydrogen-bond donors (Lipinski definition) is 1. The number of nitrogens with zero attached hydrogens (tertiary/aromatic N) is 5. The molecule has 0 aliphatic carbocycles. The number of aryl methyl sites for hydroxylation is 1. The second kappa shape index (κ2) is 7.62. The lowest BCUT2D eigenvalue weighted by molar-refractivity contribution is 0.0996. The molecule has 156 valence electrons. The van der Waals surface area contributed by atoms with Gasteiger partial charge in [0.1, 0.15) is 17.8 Å². The summed E-state index contributed by atoms with van der Waals surface area (Å²) in [7, 11) is -3.56. The van der Waals surface area contributed by atoms with Crippen molar-refractivity contribution in [2.75, 3.05) is 10.7 Å². The number of carbonyl (C=O) groups excluding carboxylic acids is 1. The molecule has 1 amide bonds. The first-order valence-corrected chi connectivity index (χ1v) is 11.3. The summed E-state index contributed by atoms with van der Waals surface area (Å²) in [5.74, 6) is 0.834. The van der Waals surface area contributed by atoms with E-state index in [9.17, 15) is 13.2 Å². The molecule has 0 spiro atoms. The van der Waals surface area contributed by atoms with Crippen molar-refractivity contribution < 1.29 is 13.2 Å². The number of carbonyl (C=O) groups is 1. The van der Waals surface area contributed by atoms with Gasteiger partial charge in [-0.3, -0.25) is 9.69 Å². The number of sulfonamides is 1. The van der Waals surface area contributed by atoms with E-state index < -0.39 is 10.0 Å². The zero-order valence-corrected chi connectivity index (χ0v) is 17.5. The lowest BCUT2D eigenvalue weighted by atomic mass is 10.0. The highest BCUT2D eigenvalue weighted by Crippen LogP contribution is 2.29. The van der Waals surface area contributed by atoms with Gasteiger partial charge in [-0.15, -0.1) is 10.2 Å². The van der Waals surface area contributed by atoms with Crippen molar-refractivity contribution in [3.8, 4) is 11.5 Å². The minimum atomic E-state index is -3.56. The van der Waals surface area contributed by atoms with Crippen LogP contribution in [0.3, 0.4) is 0 Å². The average molecular weight is 427 g/mol.